The normalized spacial score (nSPS) is 15.3. The summed E-state index contributed by atoms with van der Waals surface area (Å²) in [5.41, 5.74) is 2.69. The van der Waals surface area contributed by atoms with Gasteiger partial charge in [-0.1, -0.05) is 64.5 Å². The Hall–Kier alpha value is -1.65. The third-order valence-corrected chi connectivity index (χ3v) is 5.45. The molecule has 1 fully saturated rings. The van der Waals surface area contributed by atoms with Crippen molar-refractivity contribution in [3.63, 3.8) is 0 Å². The van der Waals surface area contributed by atoms with Crippen molar-refractivity contribution in [1.82, 2.24) is 10.2 Å². The molecule has 3 nitrogen and oxygen atoms in total. The quantitative estimate of drug-likeness (QED) is 0.785. The minimum atomic E-state index is 0.0896. The van der Waals surface area contributed by atoms with Crippen LogP contribution in [-0.4, -0.2) is 30.9 Å². The van der Waals surface area contributed by atoms with E-state index >= 15 is 0 Å². The molecule has 0 atom stereocenters. The SMILES string of the molecule is CN(CC(=O)NCC1(c2ccccc2)CC1)Cc1ccccc1Br. The van der Waals surface area contributed by atoms with Crippen molar-refractivity contribution in [3.05, 3.63) is 70.2 Å². The average Bonchev–Trinajstić information content (AvgIpc) is 3.37. The predicted octanol–water partition coefficient (Wildman–Crippen LogP) is 3.73. The number of hydrogen-bond acceptors (Lipinski definition) is 2. The molecule has 0 aromatic heterocycles. The number of nitrogens with one attached hydrogen (secondary N) is 1. The Balaban J connectivity index is 1.49. The van der Waals surface area contributed by atoms with Gasteiger partial charge in [-0.3, -0.25) is 9.69 Å². The Morgan fingerprint density at radius 2 is 1.79 bits per heavy atom. The van der Waals surface area contributed by atoms with Crippen LogP contribution >= 0.6 is 15.9 Å². The molecule has 1 aliphatic carbocycles. The summed E-state index contributed by atoms with van der Waals surface area (Å²) < 4.78 is 1.08. The zero-order valence-corrected chi connectivity index (χ0v) is 15.6. The van der Waals surface area contributed by atoms with E-state index in [2.05, 4.69) is 51.6 Å². The molecule has 0 radical (unpaired) electrons. The molecular weight excluding hydrogens is 364 g/mol. The van der Waals surface area contributed by atoms with Crippen LogP contribution in [0.25, 0.3) is 0 Å². The van der Waals surface area contributed by atoms with Crippen molar-refractivity contribution >= 4 is 21.8 Å². The zero-order valence-electron chi connectivity index (χ0n) is 14.0. The summed E-state index contributed by atoms with van der Waals surface area (Å²) in [7, 11) is 1.98. The van der Waals surface area contributed by atoms with E-state index in [1.165, 1.54) is 11.1 Å². The van der Waals surface area contributed by atoms with Crippen LogP contribution in [0.5, 0.6) is 0 Å². The van der Waals surface area contributed by atoms with E-state index in [-0.39, 0.29) is 11.3 Å². The van der Waals surface area contributed by atoms with E-state index in [1.807, 2.05) is 36.2 Å². The van der Waals surface area contributed by atoms with Gasteiger partial charge in [0, 0.05) is 23.0 Å². The molecule has 1 aliphatic rings. The summed E-state index contributed by atoms with van der Waals surface area (Å²) in [5, 5.41) is 3.12. The monoisotopic (exact) mass is 386 g/mol. The van der Waals surface area contributed by atoms with E-state index < -0.39 is 0 Å². The van der Waals surface area contributed by atoms with Crippen LogP contribution < -0.4 is 5.32 Å². The molecule has 1 N–H and O–H groups in total. The highest BCUT2D eigenvalue weighted by molar-refractivity contribution is 9.10. The van der Waals surface area contributed by atoms with E-state index in [1.54, 1.807) is 0 Å². The summed E-state index contributed by atoms with van der Waals surface area (Å²) in [6.45, 7) is 1.89. The highest BCUT2D eigenvalue weighted by Crippen LogP contribution is 2.47. The minimum absolute atomic E-state index is 0.0896. The number of halogens is 1. The molecule has 2 aromatic carbocycles. The summed E-state index contributed by atoms with van der Waals surface area (Å²) >= 11 is 3.55. The molecule has 1 saturated carbocycles. The lowest BCUT2D eigenvalue weighted by atomic mass is 9.96. The van der Waals surface area contributed by atoms with E-state index in [0.717, 1.165) is 30.4 Å². The first kappa shape index (κ1) is 17.2. The molecule has 0 spiro atoms. The lowest BCUT2D eigenvalue weighted by Gasteiger charge is -2.20. The van der Waals surface area contributed by atoms with Gasteiger partial charge in [-0.2, -0.15) is 0 Å². The maximum Gasteiger partial charge on any atom is 0.234 e. The van der Waals surface area contributed by atoms with Gasteiger partial charge in [0.05, 0.1) is 6.54 Å². The fourth-order valence-electron chi connectivity index (χ4n) is 3.05. The van der Waals surface area contributed by atoms with Gasteiger partial charge in [0.1, 0.15) is 0 Å². The highest BCUT2D eigenvalue weighted by atomic mass is 79.9. The molecular formula is C20H23BrN2O. The van der Waals surface area contributed by atoms with Gasteiger partial charge in [-0.15, -0.1) is 0 Å². The molecule has 0 heterocycles. The van der Waals surface area contributed by atoms with Crippen molar-refractivity contribution in [2.24, 2.45) is 0 Å². The van der Waals surface area contributed by atoms with Gasteiger partial charge in [-0.25, -0.2) is 0 Å². The number of carbonyl (C=O) groups excluding carboxylic acids is 1. The van der Waals surface area contributed by atoms with Crippen LogP contribution in [0, 0.1) is 0 Å². The second kappa shape index (κ2) is 7.49. The number of benzene rings is 2. The molecule has 24 heavy (non-hydrogen) atoms. The number of hydrogen-bond donors (Lipinski definition) is 1. The highest BCUT2D eigenvalue weighted by Gasteiger charge is 2.44. The van der Waals surface area contributed by atoms with Crippen molar-refractivity contribution in [1.29, 1.82) is 0 Å². The molecule has 0 aliphatic heterocycles. The maximum atomic E-state index is 12.3. The Bertz CT molecular complexity index is 698. The van der Waals surface area contributed by atoms with Crippen LogP contribution in [0.2, 0.25) is 0 Å². The second-order valence-corrected chi connectivity index (χ2v) is 7.54. The van der Waals surface area contributed by atoms with Crippen LogP contribution in [0.15, 0.2) is 59.1 Å². The second-order valence-electron chi connectivity index (χ2n) is 6.69. The number of amides is 1. The van der Waals surface area contributed by atoms with Gasteiger partial charge in [0.2, 0.25) is 5.91 Å². The Morgan fingerprint density at radius 1 is 1.12 bits per heavy atom. The van der Waals surface area contributed by atoms with Crippen molar-refractivity contribution < 1.29 is 4.79 Å². The number of rotatable bonds is 7. The summed E-state index contributed by atoms with van der Waals surface area (Å²) in [6, 6.07) is 18.6. The van der Waals surface area contributed by atoms with E-state index in [4.69, 9.17) is 0 Å². The summed E-state index contributed by atoms with van der Waals surface area (Å²) in [6.07, 6.45) is 2.31. The van der Waals surface area contributed by atoms with Crippen molar-refractivity contribution in [2.75, 3.05) is 20.1 Å². The van der Waals surface area contributed by atoms with Crippen molar-refractivity contribution in [2.45, 2.75) is 24.8 Å². The Morgan fingerprint density at radius 3 is 2.46 bits per heavy atom. The van der Waals surface area contributed by atoms with Gasteiger partial charge in [0.25, 0.3) is 0 Å². The Labute approximate surface area is 152 Å². The summed E-state index contributed by atoms with van der Waals surface area (Å²) in [5.74, 6) is 0.0896. The van der Waals surface area contributed by atoms with Crippen LogP contribution in [0.4, 0.5) is 0 Å². The topological polar surface area (TPSA) is 32.3 Å². The summed E-state index contributed by atoms with van der Waals surface area (Å²) in [4.78, 5) is 14.3. The van der Waals surface area contributed by atoms with Gasteiger partial charge in [0.15, 0.2) is 0 Å². The first-order valence-electron chi connectivity index (χ1n) is 8.33. The fraction of sp³-hybridized carbons (Fsp3) is 0.350. The third-order valence-electron chi connectivity index (χ3n) is 4.68. The standard InChI is InChI=1S/C20H23BrN2O/c1-23(13-16-7-5-6-10-18(16)21)14-19(24)22-15-20(11-12-20)17-8-3-2-4-9-17/h2-10H,11-15H2,1H3,(H,22,24). The number of likely N-dealkylation sites (N-methyl/N-ethyl adjacent to an activating group) is 1. The van der Waals surface area contributed by atoms with Crippen molar-refractivity contribution in [3.8, 4) is 0 Å². The molecule has 126 valence electrons. The molecule has 2 aromatic rings. The average molecular weight is 387 g/mol. The fourth-order valence-corrected chi connectivity index (χ4v) is 3.46. The lowest BCUT2D eigenvalue weighted by Crippen LogP contribution is -2.38. The van der Waals surface area contributed by atoms with Gasteiger partial charge >= 0.3 is 0 Å². The number of nitrogens with zero attached hydrogens (tertiary/aromatic N) is 1. The molecule has 0 unspecified atom stereocenters. The third kappa shape index (κ3) is 4.25. The number of carbonyl (C=O) groups is 1. The molecule has 4 heteroatoms. The first-order valence-corrected chi connectivity index (χ1v) is 9.13. The Kier molecular flexibility index (Phi) is 5.36. The van der Waals surface area contributed by atoms with E-state index in [9.17, 15) is 4.79 Å². The van der Waals surface area contributed by atoms with E-state index in [0.29, 0.717) is 6.54 Å². The minimum Gasteiger partial charge on any atom is -0.354 e. The van der Waals surface area contributed by atoms with Crippen LogP contribution in [-0.2, 0) is 16.8 Å². The zero-order chi connectivity index (χ0) is 17.0. The molecule has 0 bridgehead atoms. The van der Waals surface area contributed by atoms with Crippen LogP contribution in [0.3, 0.4) is 0 Å². The van der Waals surface area contributed by atoms with Crippen LogP contribution in [0.1, 0.15) is 24.0 Å². The molecule has 1 amide bonds. The smallest absolute Gasteiger partial charge is 0.234 e. The lowest BCUT2D eigenvalue weighted by molar-refractivity contribution is -0.122. The first-order chi connectivity index (χ1) is 11.6. The molecule has 0 saturated heterocycles. The van der Waals surface area contributed by atoms with Gasteiger partial charge in [-0.05, 0) is 37.1 Å². The predicted molar refractivity (Wildman–Crippen MR) is 101 cm³/mol. The largest absolute Gasteiger partial charge is 0.354 e. The maximum absolute atomic E-state index is 12.3. The van der Waals surface area contributed by atoms with Gasteiger partial charge < -0.3 is 5.32 Å². The molecule has 3 rings (SSSR count).